The van der Waals surface area contributed by atoms with E-state index in [1.807, 2.05) is 36.4 Å². The third-order valence-corrected chi connectivity index (χ3v) is 10.9. The molecule has 5 aromatic rings. The van der Waals surface area contributed by atoms with Crippen molar-refractivity contribution in [1.82, 2.24) is 0 Å². The van der Waals surface area contributed by atoms with E-state index in [1.54, 1.807) is 6.07 Å². The minimum atomic E-state index is -0.525. The maximum atomic E-state index is 13.4. The number of rotatable bonds is 2. The molecule has 1 aliphatic heterocycles. The van der Waals surface area contributed by atoms with E-state index in [2.05, 4.69) is 65.6 Å². The number of hydrogen-bond donors (Lipinski definition) is 0. The Morgan fingerprint density at radius 2 is 1.37 bits per heavy atom. The molecule has 35 heavy (non-hydrogen) atoms. The van der Waals surface area contributed by atoms with Gasteiger partial charge >= 0.3 is 211 Å². The Morgan fingerprint density at radius 1 is 0.686 bits per heavy atom. The van der Waals surface area contributed by atoms with Gasteiger partial charge in [0.2, 0.25) is 0 Å². The van der Waals surface area contributed by atoms with Gasteiger partial charge < -0.3 is 0 Å². The SMILES string of the molecule is O=C1/C(=C\c2ccc(N3c4ccccc4[SiH2]c4ccccc43)[se]2)C(=O)c2c1ccc1ccccc21. The van der Waals surface area contributed by atoms with Crippen LogP contribution in [0, 0.1) is 0 Å². The normalized spacial score (nSPS) is 15.4. The Labute approximate surface area is 210 Å². The van der Waals surface area contributed by atoms with Gasteiger partial charge in [0.15, 0.2) is 0 Å². The summed E-state index contributed by atoms with van der Waals surface area (Å²) >= 11 is -0.0243. The molecule has 7 rings (SSSR count). The van der Waals surface area contributed by atoms with E-state index in [-0.39, 0.29) is 31.6 Å². The number of Topliss-reactive ketones (excluding diaryl/α,β-unsaturated/α-hetero) is 2. The first-order valence-corrected chi connectivity index (χ1v) is 14.7. The van der Waals surface area contributed by atoms with Crippen molar-refractivity contribution >= 4 is 78.7 Å². The van der Waals surface area contributed by atoms with E-state index in [9.17, 15) is 9.59 Å². The number of ketones is 2. The number of para-hydroxylation sites is 2. The van der Waals surface area contributed by atoms with Crippen LogP contribution in [0.3, 0.4) is 0 Å². The second kappa shape index (κ2) is 7.89. The predicted octanol–water partition coefficient (Wildman–Crippen LogP) is 4.26. The summed E-state index contributed by atoms with van der Waals surface area (Å²) in [4.78, 5) is 29.0. The van der Waals surface area contributed by atoms with Crippen LogP contribution in [0.25, 0.3) is 16.8 Å². The van der Waals surface area contributed by atoms with Gasteiger partial charge in [-0.25, -0.2) is 0 Å². The fraction of sp³-hybridized carbons (Fsp3) is 0. The number of benzene rings is 4. The van der Waals surface area contributed by atoms with Crippen LogP contribution < -0.4 is 15.3 Å². The zero-order valence-corrected chi connectivity index (χ0v) is 21.8. The first kappa shape index (κ1) is 20.6. The number of allylic oxidation sites excluding steroid dienone is 1. The standard InChI is InChI=1S/C30H19NO2SeSi/c32-29-21-15-13-18-7-1-2-8-20(18)28(21)30(33)22(29)17-19-14-16-27(34-19)31-23-9-3-5-11-25(23)35-26-12-6-4-10-24(26)31/h1-17H,35H2/b22-17+. The van der Waals surface area contributed by atoms with Gasteiger partial charge in [-0.1, -0.05) is 0 Å². The van der Waals surface area contributed by atoms with Gasteiger partial charge in [-0.15, -0.1) is 0 Å². The molecular formula is C30H19NO2SeSi. The van der Waals surface area contributed by atoms with E-state index in [4.69, 9.17) is 0 Å². The summed E-state index contributed by atoms with van der Waals surface area (Å²) in [5.41, 5.74) is 3.87. The van der Waals surface area contributed by atoms with Gasteiger partial charge in [-0.2, -0.15) is 0 Å². The average Bonchev–Trinajstić information content (AvgIpc) is 3.45. The second-order valence-corrected chi connectivity index (χ2v) is 13.0. The molecule has 5 heteroatoms. The summed E-state index contributed by atoms with van der Waals surface area (Å²) in [7, 11) is -0.525. The molecule has 0 unspecified atom stereocenters. The van der Waals surface area contributed by atoms with Gasteiger partial charge in [-0.05, 0) is 0 Å². The molecule has 4 aromatic carbocycles. The van der Waals surface area contributed by atoms with Crippen LogP contribution in [-0.4, -0.2) is 35.6 Å². The predicted molar refractivity (Wildman–Crippen MR) is 146 cm³/mol. The van der Waals surface area contributed by atoms with Crippen molar-refractivity contribution in [3.8, 4) is 0 Å². The number of carbonyl (C=O) groups is 2. The van der Waals surface area contributed by atoms with Crippen molar-refractivity contribution in [2.24, 2.45) is 0 Å². The summed E-state index contributed by atoms with van der Waals surface area (Å²) in [6.45, 7) is 0. The van der Waals surface area contributed by atoms with Gasteiger partial charge in [0.05, 0.1) is 0 Å². The van der Waals surface area contributed by atoms with Crippen LogP contribution in [0.15, 0.2) is 103 Å². The Balaban J connectivity index is 1.31. The summed E-state index contributed by atoms with van der Waals surface area (Å²) in [6.07, 6.45) is 1.83. The third kappa shape index (κ3) is 3.17. The van der Waals surface area contributed by atoms with Crippen molar-refractivity contribution in [1.29, 1.82) is 0 Å². The first-order chi connectivity index (χ1) is 17.2. The Morgan fingerprint density at radius 3 is 2.14 bits per heavy atom. The zero-order valence-electron chi connectivity index (χ0n) is 18.7. The molecule has 2 aliphatic rings. The number of anilines is 3. The van der Waals surface area contributed by atoms with Gasteiger partial charge in [-0.3, -0.25) is 0 Å². The summed E-state index contributed by atoms with van der Waals surface area (Å²) in [5.74, 6) is -0.327. The van der Waals surface area contributed by atoms with Crippen molar-refractivity contribution in [3.63, 3.8) is 0 Å². The average molecular weight is 533 g/mol. The molecule has 0 saturated carbocycles. The molecule has 0 radical (unpaired) electrons. The van der Waals surface area contributed by atoms with Crippen LogP contribution in [0.2, 0.25) is 0 Å². The summed E-state index contributed by atoms with van der Waals surface area (Å²) < 4.78 is 2.26. The first-order valence-electron chi connectivity index (χ1n) is 11.6. The Kier molecular flexibility index (Phi) is 4.64. The van der Waals surface area contributed by atoms with E-state index in [0.29, 0.717) is 11.1 Å². The fourth-order valence-electron chi connectivity index (χ4n) is 5.23. The molecule has 166 valence electrons. The number of nitrogens with zero attached hydrogens (tertiary/aromatic N) is 1. The van der Waals surface area contributed by atoms with Gasteiger partial charge in [0, 0.05) is 0 Å². The van der Waals surface area contributed by atoms with E-state index < -0.39 is 9.52 Å². The molecular weight excluding hydrogens is 513 g/mol. The molecule has 0 spiro atoms. The van der Waals surface area contributed by atoms with Crippen LogP contribution in [0.1, 0.15) is 25.2 Å². The Bertz CT molecular complexity index is 1690. The minimum absolute atomic E-state index is 0.0243. The summed E-state index contributed by atoms with van der Waals surface area (Å²) in [5, 5.41) is 4.71. The summed E-state index contributed by atoms with van der Waals surface area (Å²) in [6, 6.07) is 33.1. The van der Waals surface area contributed by atoms with E-state index >= 15 is 0 Å². The molecule has 0 N–H and O–H groups in total. The molecule has 3 nitrogen and oxygen atoms in total. The number of hydrogen-bond acceptors (Lipinski definition) is 3. The van der Waals surface area contributed by atoms with Crippen LogP contribution in [0.5, 0.6) is 0 Å². The molecule has 0 saturated heterocycles. The fourth-order valence-corrected chi connectivity index (χ4v) is 9.12. The van der Waals surface area contributed by atoms with Crippen molar-refractivity contribution in [3.05, 3.63) is 118 Å². The monoisotopic (exact) mass is 533 g/mol. The molecule has 1 aromatic heterocycles. The van der Waals surface area contributed by atoms with E-state index in [1.165, 1.54) is 26.3 Å². The van der Waals surface area contributed by atoms with Crippen LogP contribution in [-0.2, 0) is 0 Å². The van der Waals surface area contributed by atoms with Crippen LogP contribution in [0.4, 0.5) is 15.9 Å². The Hall–Kier alpha value is -3.76. The molecule has 1 aliphatic carbocycles. The molecule has 0 bridgehead atoms. The second-order valence-electron chi connectivity index (χ2n) is 8.87. The van der Waals surface area contributed by atoms with Crippen molar-refractivity contribution in [2.75, 3.05) is 4.90 Å². The molecule has 2 heterocycles. The van der Waals surface area contributed by atoms with Gasteiger partial charge in [0.1, 0.15) is 0 Å². The molecule has 0 atom stereocenters. The molecule has 0 fully saturated rings. The number of carbonyl (C=O) groups excluding carboxylic acids is 2. The van der Waals surface area contributed by atoms with E-state index in [0.717, 1.165) is 15.2 Å². The maximum absolute atomic E-state index is 13.4. The van der Waals surface area contributed by atoms with Crippen molar-refractivity contribution in [2.45, 2.75) is 0 Å². The topological polar surface area (TPSA) is 37.4 Å². The third-order valence-electron chi connectivity index (χ3n) is 6.86. The van der Waals surface area contributed by atoms with Crippen LogP contribution >= 0.6 is 0 Å². The zero-order chi connectivity index (χ0) is 23.5. The van der Waals surface area contributed by atoms with Crippen molar-refractivity contribution < 1.29 is 9.59 Å². The number of fused-ring (bicyclic) bond motifs is 5. The molecule has 0 amide bonds. The van der Waals surface area contributed by atoms with Gasteiger partial charge in [0.25, 0.3) is 0 Å². The quantitative estimate of drug-likeness (QED) is 0.190.